The number of carbonyl (C=O) groups is 3. The van der Waals surface area contributed by atoms with Crippen molar-refractivity contribution in [2.75, 3.05) is 33.4 Å². The van der Waals surface area contributed by atoms with Crippen LogP contribution in [0.3, 0.4) is 0 Å². The summed E-state index contributed by atoms with van der Waals surface area (Å²) in [5.41, 5.74) is 2.07. The van der Waals surface area contributed by atoms with E-state index in [0.717, 1.165) is 24.1 Å². The Bertz CT molecular complexity index is 1200. The van der Waals surface area contributed by atoms with E-state index >= 15 is 0 Å². The van der Waals surface area contributed by atoms with E-state index in [0.29, 0.717) is 25.3 Å². The molecule has 1 aliphatic rings. The molecule has 41 heavy (non-hydrogen) atoms. The third-order valence-corrected chi connectivity index (χ3v) is 6.92. The van der Waals surface area contributed by atoms with E-state index in [4.69, 9.17) is 9.47 Å². The number of amides is 2. The molecule has 0 radical (unpaired) electrons. The van der Waals surface area contributed by atoms with Crippen LogP contribution in [0.15, 0.2) is 24.3 Å². The molecule has 11 heteroatoms. The highest BCUT2D eigenvalue weighted by atomic mass is 16.6. The number of hydrogen-bond donors (Lipinski definition) is 1. The standard InChI is InChI=1S/C30H45N5O6/c1-20(2)17-34(24-16-22(28(37)38)18-33(19-24)29(39)41-30(4,5)6)27(36)26-25(13-8-9-14-40-7)35(32-31-26)23-12-10-11-21(3)15-23/h10-12,15,20,22,24H,8-9,13-14,16-19H2,1-7H3,(H,37,38)/t22-,24+/m1/s1. The fraction of sp³-hybridized carbons (Fsp3) is 0.633. The second-order valence-corrected chi connectivity index (χ2v) is 12.2. The van der Waals surface area contributed by atoms with Crippen LogP contribution in [-0.4, -0.2) is 92.9 Å². The van der Waals surface area contributed by atoms with E-state index in [1.54, 1.807) is 37.5 Å². The first-order chi connectivity index (χ1) is 19.3. The number of benzene rings is 1. The molecule has 0 aliphatic carbocycles. The summed E-state index contributed by atoms with van der Waals surface area (Å²) < 4.78 is 12.5. The minimum Gasteiger partial charge on any atom is -0.481 e. The van der Waals surface area contributed by atoms with E-state index in [1.807, 2.05) is 45.0 Å². The van der Waals surface area contributed by atoms with Gasteiger partial charge < -0.3 is 24.4 Å². The molecule has 0 saturated carbocycles. The lowest BCUT2D eigenvalue weighted by molar-refractivity contribution is -0.144. The lowest BCUT2D eigenvalue weighted by Crippen LogP contribution is -2.56. The number of methoxy groups -OCH3 is 1. The highest BCUT2D eigenvalue weighted by Crippen LogP contribution is 2.27. The molecule has 1 N–H and O–H groups in total. The molecule has 1 fully saturated rings. The number of hydrogen-bond acceptors (Lipinski definition) is 7. The molecule has 2 amide bonds. The van der Waals surface area contributed by atoms with Gasteiger partial charge in [-0.1, -0.05) is 31.2 Å². The number of piperidine rings is 1. The number of aromatic nitrogens is 3. The predicted octanol–water partition coefficient (Wildman–Crippen LogP) is 4.35. The molecule has 0 unspecified atom stereocenters. The lowest BCUT2D eigenvalue weighted by atomic mass is 9.92. The Balaban J connectivity index is 2.00. The van der Waals surface area contributed by atoms with Crippen LogP contribution in [0, 0.1) is 18.8 Å². The molecule has 11 nitrogen and oxygen atoms in total. The summed E-state index contributed by atoms with van der Waals surface area (Å²) >= 11 is 0. The molecule has 1 aromatic carbocycles. The van der Waals surface area contributed by atoms with E-state index in [-0.39, 0.29) is 37.0 Å². The van der Waals surface area contributed by atoms with Crippen LogP contribution in [0.2, 0.25) is 0 Å². The summed E-state index contributed by atoms with van der Waals surface area (Å²) in [5.74, 6) is -2.07. The monoisotopic (exact) mass is 571 g/mol. The normalized spacial score (nSPS) is 17.5. The summed E-state index contributed by atoms with van der Waals surface area (Å²) in [6.07, 6.45) is 1.78. The summed E-state index contributed by atoms with van der Waals surface area (Å²) in [4.78, 5) is 42.5. The third-order valence-electron chi connectivity index (χ3n) is 6.92. The van der Waals surface area contributed by atoms with Gasteiger partial charge in [0.25, 0.3) is 5.91 Å². The molecule has 0 spiro atoms. The van der Waals surface area contributed by atoms with E-state index in [1.165, 1.54) is 4.90 Å². The minimum absolute atomic E-state index is 0.0265. The molecule has 2 aromatic rings. The highest BCUT2D eigenvalue weighted by Gasteiger charge is 2.40. The molecular formula is C30H45N5O6. The van der Waals surface area contributed by atoms with Crippen molar-refractivity contribution in [2.24, 2.45) is 11.8 Å². The zero-order valence-corrected chi connectivity index (χ0v) is 25.4. The summed E-state index contributed by atoms with van der Waals surface area (Å²) in [5, 5.41) is 18.7. The Hall–Kier alpha value is -3.47. The van der Waals surface area contributed by atoms with Gasteiger partial charge in [-0.3, -0.25) is 9.59 Å². The number of nitrogens with zero attached hydrogens (tertiary/aromatic N) is 5. The molecular weight excluding hydrogens is 526 g/mol. The molecule has 1 aromatic heterocycles. The van der Waals surface area contributed by atoms with Crippen molar-refractivity contribution >= 4 is 18.0 Å². The Kier molecular flexibility index (Phi) is 10.9. The molecule has 1 aliphatic heterocycles. The van der Waals surface area contributed by atoms with Gasteiger partial charge in [-0.2, -0.15) is 0 Å². The van der Waals surface area contributed by atoms with Gasteiger partial charge in [0.05, 0.1) is 23.3 Å². The minimum atomic E-state index is -1.01. The van der Waals surface area contributed by atoms with Crippen LogP contribution in [-0.2, 0) is 20.7 Å². The molecule has 0 bridgehead atoms. The Morgan fingerprint density at radius 2 is 1.90 bits per heavy atom. The van der Waals surface area contributed by atoms with Crippen LogP contribution in [0.25, 0.3) is 5.69 Å². The zero-order chi connectivity index (χ0) is 30.3. The van der Waals surface area contributed by atoms with Gasteiger partial charge in [-0.25, -0.2) is 9.48 Å². The summed E-state index contributed by atoms with van der Waals surface area (Å²) in [6.45, 7) is 12.5. The first-order valence-electron chi connectivity index (χ1n) is 14.3. The summed E-state index contributed by atoms with van der Waals surface area (Å²) in [6, 6.07) is 7.32. The van der Waals surface area contributed by atoms with Gasteiger partial charge in [0.15, 0.2) is 5.69 Å². The summed E-state index contributed by atoms with van der Waals surface area (Å²) in [7, 11) is 1.66. The predicted molar refractivity (Wildman–Crippen MR) is 154 cm³/mol. The second kappa shape index (κ2) is 13.9. The molecule has 2 atom stereocenters. The molecule has 3 rings (SSSR count). The number of unbranched alkanes of at least 4 members (excludes halogenated alkanes) is 1. The number of carbonyl (C=O) groups excluding carboxylic acids is 2. The second-order valence-electron chi connectivity index (χ2n) is 12.2. The average Bonchev–Trinajstić information content (AvgIpc) is 3.32. The Morgan fingerprint density at radius 3 is 2.51 bits per heavy atom. The Morgan fingerprint density at radius 1 is 1.17 bits per heavy atom. The first-order valence-corrected chi connectivity index (χ1v) is 14.3. The maximum absolute atomic E-state index is 14.3. The van der Waals surface area contributed by atoms with Crippen molar-refractivity contribution in [2.45, 2.75) is 78.9 Å². The van der Waals surface area contributed by atoms with Crippen LogP contribution in [0.4, 0.5) is 4.79 Å². The fourth-order valence-electron chi connectivity index (χ4n) is 5.08. The largest absolute Gasteiger partial charge is 0.481 e. The van der Waals surface area contributed by atoms with Gasteiger partial charge in [0.2, 0.25) is 0 Å². The molecule has 1 saturated heterocycles. The van der Waals surface area contributed by atoms with E-state index in [9.17, 15) is 19.5 Å². The highest BCUT2D eigenvalue weighted by molar-refractivity contribution is 5.94. The van der Waals surface area contributed by atoms with Crippen molar-refractivity contribution in [1.29, 1.82) is 0 Å². The van der Waals surface area contributed by atoms with Gasteiger partial charge in [0, 0.05) is 33.4 Å². The average molecular weight is 572 g/mol. The fourth-order valence-corrected chi connectivity index (χ4v) is 5.08. The first kappa shape index (κ1) is 32.0. The Labute approximate surface area is 242 Å². The quantitative estimate of drug-likeness (QED) is 0.395. The van der Waals surface area contributed by atoms with Crippen LogP contribution < -0.4 is 0 Å². The number of ether oxygens (including phenoxy) is 2. The van der Waals surface area contributed by atoms with Gasteiger partial charge in [-0.15, -0.1) is 5.10 Å². The maximum atomic E-state index is 14.3. The van der Waals surface area contributed by atoms with Crippen molar-refractivity contribution in [3.8, 4) is 5.69 Å². The SMILES string of the molecule is COCCCCc1c(C(=O)N(CC(C)C)[C@H]2C[C@@H](C(=O)O)CN(C(=O)OC(C)(C)C)C2)nnn1-c1cccc(C)c1. The number of likely N-dealkylation sites (tertiary alicyclic amines) is 1. The van der Waals surface area contributed by atoms with Crippen molar-refractivity contribution in [3.63, 3.8) is 0 Å². The maximum Gasteiger partial charge on any atom is 0.410 e. The molecule has 226 valence electrons. The topological polar surface area (TPSA) is 127 Å². The zero-order valence-electron chi connectivity index (χ0n) is 25.4. The van der Waals surface area contributed by atoms with Gasteiger partial charge >= 0.3 is 12.1 Å². The van der Waals surface area contributed by atoms with Crippen LogP contribution in [0.1, 0.15) is 75.6 Å². The third kappa shape index (κ3) is 8.76. The van der Waals surface area contributed by atoms with Crippen molar-refractivity contribution in [1.82, 2.24) is 24.8 Å². The number of aliphatic carboxylic acids is 1. The van der Waals surface area contributed by atoms with Crippen molar-refractivity contribution in [3.05, 3.63) is 41.2 Å². The number of carboxylic acid groups (broad SMARTS) is 1. The number of aryl methyl sites for hydroxylation is 1. The van der Waals surface area contributed by atoms with E-state index in [2.05, 4.69) is 10.3 Å². The molecule has 2 heterocycles. The number of carboxylic acids is 1. The smallest absolute Gasteiger partial charge is 0.410 e. The van der Waals surface area contributed by atoms with Crippen LogP contribution in [0.5, 0.6) is 0 Å². The van der Waals surface area contributed by atoms with Crippen LogP contribution >= 0.6 is 0 Å². The van der Waals surface area contributed by atoms with Crippen molar-refractivity contribution < 1.29 is 29.0 Å². The lowest BCUT2D eigenvalue weighted by Gasteiger charge is -2.42. The van der Waals surface area contributed by atoms with Gasteiger partial charge in [-0.05, 0) is 77.0 Å². The van der Waals surface area contributed by atoms with E-state index < -0.39 is 29.6 Å². The van der Waals surface area contributed by atoms with Gasteiger partial charge in [0.1, 0.15) is 5.60 Å². The number of rotatable bonds is 11.